The van der Waals surface area contributed by atoms with Gasteiger partial charge in [-0.2, -0.15) is 12.8 Å². The van der Waals surface area contributed by atoms with Crippen LogP contribution in [0.3, 0.4) is 0 Å². The first kappa shape index (κ1) is 21.7. The molecule has 28 heavy (non-hydrogen) atoms. The molecule has 4 fully saturated rings. The first-order chi connectivity index (χ1) is 13.3. The molecule has 0 heterocycles. The van der Waals surface area contributed by atoms with Crippen molar-refractivity contribution in [2.24, 2.45) is 41.4 Å². The zero-order chi connectivity index (χ0) is 18.5. The van der Waals surface area contributed by atoms with Crippen LogP contribution in [0.5, 0.6) is 0 Å². The van der Waals surface area contributed by atoms with Gasteiger partial charge in [0.25, 0.3) is 0 Å². The topological polar surface area (TPSA) is 0 Å². The second kappa shape index (κ2) is 10.7. The van der Waals surface area contributed by atoms with Crippen LogP contribution in [0.15, 0.2) is 0 Å². The molecular formula is C27H47Rf-. The molecule has 0 nitrogen and oxygen atoms in total. The molecule has 0 aliphatic heterocycles. The van der Waals surface area contributed by atoms with E-state index >= 15 is 0 Å². The molecule has 0 saturated heterocycles. The van der Waals surface area contributed by atoms with E-state index in [0.717, 1.165) is 41.4 Å². The zero-order valence-electron chi connectivity index (χ0n) is 19.1. The Morgan fingerprint density at radius 1 is 0.500 bits per heavy atom. The molecule has 4 aliphatic carbocycles. The van der Waals surface area contributed by atoms with Gasteiger partial charge in [0, 0.05) is 0 Å². The molecule has 4 rings (SSSR count). The Kier molecular flexibility index (Phi) is 8.28. The third kappa shape index (κ3) is 5.76. The molecule has 0 aromatic carbocycles. The third-order valence-electron chi connectivity index (χ3n) is 9.64. The van der Waals surface area contributed by atoms with Crippen LogP contribution >= 0.6 is 0 Å². The van der Waals surface area contributed by atoms with E-state index < -0.39 is 0 Å². The predicted molar refractivity (Wildman–Crippen MR) is 118 cm³/mol. The molecule has 0 aromatic rings. The molecule has 158 valence electrons. The number of hydrogen-bond donors (Lipinski definition) is 0. The van der Waals surface area contributed by atoms with E-state index in [2.05, 4.69) is 13.3 Å². The fourth-order valence-electron chi connectivity index (χ4n) is 7.55. The Labute approximate surface area is 170 Å². The average Bonchev–Trinajstić information content (AvgIpc) is 2.75. The van der Waals surface area contributed by atoms with Gasteiger partial charge in [0.2, 0.25) is 0 Å². The van der Waals surface area contributed by atoms with Gasteiger partial charge < -0.3 is 6.42 Å². The summed E-state index contributed by atoms with van der Waals surface area (Å²) in [6.45, 7) is 2.46. The van der Waals surface area contributed by atoms with Crippen LogP contribution in [0.25, 0.3) is 0 Å². The molecule has 4 saturated carbocycles. The van der Waals surface area contributed by atoms with Gasteiger partial charge in [0.05, 0.1) is 0 Å². The van der Waals surface area contributed by atoms with Gasteiger partial charge in [0.15, 0.2) is 0 Å². The fraction of sp³-hybridized carbons (Fsp3) is 0.963. The van der Waals surface area contributed by atoms with Crippen LogP contribution < -0.4 is 0 Å². The molecule has 0 atom stereocenters. The van der Waals surface area contributed by atoms with Crippen molar-refractivity contribution < 1.29 is 0 Å². The average molecular weight is 639 g/mol. The summed E-state index contributed by atoms with van der Waals surface area (Å²) in [6, 6.07) is 0. The minimum absolute atomic E-state index is 0. The van der Waals surface area contributed by atoms with Crippen LogP contribution in [0.2, 0.25) is 0 Å². The zero-order valence-corrected chi connectivity index (χ0v) is 25.5. The van der Waals surface area contributed by atoms with Crippen molar-refractivity contribution in [3.05, 3.63) is 6.42 Å². The van der Waals surface area contributed by atoms with Crippen molar-refractivity contribution >= 4 is 0 Å². The van der Waals surface area contributed by atoms with E-state index in [9.17, 15) is 0 Å². The van der Waals surface area contributed by atoms with Crippen LogP contribution in [0.4, 0.5) is 0 Å². The Balaban J connectivity index is 0.00000225. The van der Waals surface area contributed by atoms with E-state index in [1.807, 2.05) is 0 Å². The van der Waals surface area contributed by atoms with E-state index in [1.165, 1.54) is 38.5 Å². The molecule has 4 aliphatic rings. The maximum Gasteiger partial charge on any atom is 0 e. The van der Waals surface area contributed by atoms with Gasteiger partial charge in [-0.25, -0.2) is 0 Å². The molecule has 0 unspecified atom stereocenters. The standard InChI is InChI=1S/C27H47.Rf/c1-21-7-9-22(10-8-21)11-12-23-13-15-25(16-14-23)27-19-17-26(18-20-27)24-5-3-2-4-6-24;/h2,21-27H,3-20H2,1H3;/q-1;. The van der Waals surface area contributed by atoms with Gasteiger partial charge >= 0.3 is 0 Å². The van der Waals surface area contributed by atoms with Gasteiger partial charge in [-0.1, -0.05) is 71.1 Å². The minimum atomic E-state index is 0. The molecule has 0 N–H and O–H groups in total. The summed E-state index contributed by atoms with van der Waals surface area (Å²) in [4.78, 5) is 0. The summed E-state index contributed by atoms with van der Waals surface area (Å²) in [5.41, 5.74) is 0. The molecule has 0 spiro atoms. The van der Waals surface area contributed by atoms with E-state index in [0.29, 0.717) is 0 Å². The first-order valence-electron chi connectivity index (χ1n) is 13.1. The van der Waals surface area contributed by atoms with Gasteiger partial charge in [-0.15, -0.1) is 0 Å². The second-order valence-corrected chi connectivity index (χ2v) is 11.4. The van der Waals surface area contributed by atoms with Crippen molar-refractivity contribution in [2.75, 3.05) is 0 Å². The van der Waals surface area contributed by atoms with Crippen LogP contribution in [0.1, 0.15) is 122 Å². The van der Waals surface area contributed by atoms with E-state index in [4.69, 9.17) is 0 Å². The van der Waals surface area contributed by atoms with Crippen molar-refractivity contribution in [1.82, 2.24) is 0 Å². The Morgan fingerprint density at radius 2 is 0.857 bits per heavy atom. The summed E-state index contributed by atoms with van der Waals surface area (Å²) < 4.78 is 0. The maximum atomic E-state index is 2.54. The molecule has 0 bridgehead atoms. The largest absolute Gasteiger partial charge is 0.328 e. The smallest absolute Gasteiger partial charge is 0 e. The van der Waals surface area contributed by atoms with Crippen molar-refractivity contribution in [3.8, 4) is 0 Å². The summed E-state index contributed by atoms with van der Waals surface area (Å²) >= 11 is 0. The SMILES string of the molecule is CC1CCC(CCC2CCC(C3CCC(C4CC[CH-]CC4)CC3)CC2)CC1.[Rf]. The molecule has 0 aromatic heterocycles. The monoisotopic (exact) mass is 638 g/mol. The van der Waals surface area contributed by atoms with Gasteiger partial charge in [-0.3, -0.25) is 0 Å². The Bertz CT molecular complexity index is 402. The Hall–Kier alpha value is -1.00. The van der Waals surface area contributed by atoms with E-state index in [1.54, 1.807) is 77.0 Å². The second-order valence-electron chi connectivity index (χ2n) is 11.4. The van der Waals surface area contributed by atoms with Gasteiger partial charge in [-0.05, 0) is 80.0 Å². The summed E-state index contributed by atoms with van der Waals surface area (Å²) in [5.74, 6) is 7.61. The number of hydrogen-bond acceptors (Lipinski definition) is 0. The third-order valence-corrected chi connectivity index (χ3v) is 9.64. The van der Waals surface area contributed by atoms with Crippen molar-refractivity contribution in [1.29, 1.82) is 0 Å². The molecule has 0 amide bonds. The van der Waals surface area contributed by atoms with Gasteiger partial charge in [0.1, 0.15) is 0 Å². The maximum absolute atomic E-state index is 2.54. The van der Waals surface area contributed by atoms with Crippen molar-refractivity contribution in [2.45, 2.75) is 122 Å². The summed E-state index contributed by atoms with van der Waals surface area (Å²) in [7, 11) is 0. The Morgan fingerprint density at radius 3 is 1.32 bits per heavy atom. The van der Waals surface area contributed by atoms with Crippen LogP contribution in [0, 0.1) is 47.8 Å². The number of rotatable bonds is 5. The summed E-state index contributed by atoms with van der Waals surface area (Å²) in [6.07, 6.45) is 30.3. The molecule has 1 heteroatoms. The summed E-state index contributed by atoms with van der Waals surface area (Å²) in [5, 5.41) is 0. The first-order valence-corrected chi connectivity index (χ1v) is 13.1. The normalized spacial score (nSPS) is 40.6. The fourth-order valence-corrected chi connectivity index (χ4v) is 7.55. The minimum Gasteiger partial charge on any atom is -0.328 e. The molecular weight excluding hydrogens is 591 g/mol. The van der Waals surface area contributed by atoms with Crippen LogP contribution in [-0.4, -0.2) is 0 Å². The quantitative estimate of drug-likeness (QED) is 0.265. The van der Waals surface area contributed by atoms with E-state index in [-0.39, 0.29) is 0 Å². The molecule has 0 radical (unpaired) electrons. The van der Waals surface area contributed by atoms with Crippen LogP contribution in [-0.2, 0) is 0 Å². The van der Waals surface area contributed by atoms with Crippen molar-refractivity contribution in [3.63, 3.8) is 0 Å². The predicted octanol–water partition coefficient (Wildman–Crippen LogP) is 8.60.